The molecule has 0 aliphatic carbocycles. The van der Waals surface area contributed by atoms with Gasteiger partial charge in [-0.05, 0) is 38.2 Å². The van der Waals surface area contributed by atoms with Crippen molar-refractivity contribution in [3.05, 3.63) is 65.7 Å². The molecule has 0 radical (unpaired) electrons. The first kappa shape index (κ1) is 16.2. The molecule has 0 aliphatic rings. The molecule has 0 fully saturated rings. The van der Waals surface area contributed by atoms with E-state index in [2.05, 4.69) is 4.90 Å². The largest absolute Gasteiger partial charge is 0.497 e. The van der Waals surface area contributed by atoms with Gasteiger partial charge in [-0.25, -0.2) is 0 Å². The number of benzene rings is 2. The number of ketones is 1. The minimum atomic E-state index is -0.0502. The van der Waals surface area contributed by atoms with Gasteiger partial charge < -0.3 is 9.64 Å². The van der Waals surface area contributed by atoms with Gasteiger partial charge in [0.05, 0.1) is 7.11 Å². The molecule has 2 rings (SSSR count). The SMILES string of the molecule is COc1ccc(CC(CN(C)C)C(=O)c2ccccc2)cc1. The zero-order valence-corrected chi connectivity index (χ0v) is 13.5. The second-order valence-corrected chi connectivity index (χ2v) is 5.74. The van der Waals surface area contributed by atoms with Crippen LogP contribution in [0.5, 0.6) is 5.75 Å². The average molecular weight is 297 g/mol. The molecule has 0 saturated carbocycles. The third-order valence-electron chi connectivity index (χ3n) is 3.66. The topological polar surface area (TPSA) is 29.5 Å². The molecule has 3 heteroatoms. The highest BCUT2D eigenvalue weighted by Gasteiger charge is 2.21. The number of methoxy groups -OCH3 is 1. The third kappa shape index (κ3) is 4.43. The molecule has 0 amide bonds. The summed E-state index contributed by atoms with van der Waals surface area (Å²) in [4.78, 5) is 14.8. The second kappa shape index (κ2) is 7.76. The van der Waals surface area contributed by atoms with Gasteiger partial charge in [0.15, 0.2) is 5.78 Å². The van der Waals surface area contributed by atoms with Gasteiger partial charge in [-0.3, -0.25) is 4.79 Å². The highest BCUT2D eigenvalue weighted by atomic mass is 16.5. The van der Waals surface area contributed by atoms with Gasteiger partial charge in [0.1, 0.15) is 5.75 Å². The molecule has 22 heavy (non-hydrogen) atoms. The fraction of sp³-hybridized carbons (Fsp3) is 0.316. The van der Waals surface area contributed by atoms with Crippen molar-refractivity contribution in [2.45, 2.75) is 6.42 Å². The Morgan fingerprint density at radius 1 is 1.05 bits per heavy atom. The van der Waals surface area contributed by atoms with Crippen LogP contribution in [0.1, 0.15) is 15.9 Å². The van der Waals surface area contributed by atoms with Gasteiger partial charge in [0.25, 0.3) is 0 Å². The van der Waals surface area contributed by atoms with Gasteiger partial charge in [0.2, 0.25) is 0 Å². The molecule has 0 aliphatic heterocycles. The van der Waals surface area contributed by atoms with Crippen molar-refractivity contribution in [1.82, 2.24) is 4.90 Å². The summed E-state index contributed by atoms with van der Waals surface area (Å²) in [7, 11) is 5.65. The van der Waals surface area contributed by atoms with E-state index in [1.807, 2.05) is 68.7 Å². The molecule has 116 valence electrons. The molecule has 2 aromatic rings. The molecule has 1 unspecified atom stereocenters. The van der Waals surface area contributed by atoms with Crippen LogP contribution in [0, 0.1) is 5.92 Å². The van der Waals surface area contributed by atoms with Crippen molar-refractivity contribution < 1.29 is 9.53 Å². The molecule has 0 heterocycles. The summed E-state index contributed by atoms with van der Waals surface area (Å²) in [6.45, 7) is 0.736. The number of rotatable bonds is 7. The van der Waals surface area contributed by atoms with E-state index >= 15 is 0 Å². The smallest absolute Gasteiger partial charge is 0.167 e. The van der Waals surface area contributed by atoms with Crippen LogP contribution in [0.4, 0.5) is 0 Å². The van der Waals surface area contributed by atoms with E-state index in [0.29, 0.717) is 0 Å². The van der Waals surface area contributed by atoms with E-state index in [4.69, 9.17) is 4.74 Å². The lowest BCUT2D eigenvalue weighted by molar-refractivity contribution is 0.0896. The van der Waals surface area contributed by atoms with Gasteiger partial charge in [-0.1, -0.05) is 42.5 Å². The number of ether oxygens (including phenoxy) is 1. The third-order valence-corrected chi connectivity index (χ3v) is 3.66. The maximum Gasteiger partial charge on any atom is 0.167 e. The van der Waals surface area contributed by atoms with E-state index < -0.39 is 0 Å². The van der Waals surface area contributed by atoms with Crippen molar-refractivity contribution in [2.24, 2.45) is 5.92 Å². The number of carbonyl (C=O) groups excluding carboxylic acids is 1. The lowest BCUT2D eigenvalue weighted by Crippen LogP contribution is -2.29. The number of carbonyl (C=O) groups is 1. The Morgan fingerprint density at radius 2 is 1.68 bits per heavy atom. The van der Waals surface area contributed by atoms with E-state index in [0.717, 1.165) is 29.8 Å². The summed E-state index contributed by atoms with van der Waals surface area (Å²) >= 11 is 0. The summed E-state index contributed by atoms with van der Waals surface area (Å²) in [5, 5.41) is 0. The minimum Gasteiger partial charge on any atom is -0.497 e. The molecule has 0 aromatic heterocycles. The molecular weight excluding hydrogens is 274 g/mol. The minimum absolute atomic E-state index is 0.0502. The van der Waals surface area contributed by atoms with Gasteiger partial charge >= 0.3 is 0 Å². The fourth-order valence-electron chi connectivity index (χ4n) is 2.57. The molecule has 0 N–H and O–H groups in total. The first-order chi connectivity index (χ1) is 10.6. The average Bonchev–Trinajstić information content (AvgIpc) is 2.54. The first-order valence-corrected chi connectivity index (χ1v) is 7.47. The predicted molar refractivity (Wildman–Crippen MR) is 89.5 cm³/mol. The second-order valence-electron chi connectivity index (χ2n) is 5.74. The fourth-order valence-corrected chi connectivity index (χ4v) is 2.57. The van der Waals surface area contributed by atoms with E-state index in [-0.39, 0.29) is 11.7 Å². The lowest BCUT2D eigenvalue weighted by Gasteiger charge is -2.20. The first-order valence-electron chi connectivity index (χ1n) is 7.47. The highest BCUT2D eigenvalue weighted by molar-refractivity contribution is 5.98. The number of nitrogens with zero attached hydrogens (tertiary/aromatic N) is 1. The van der Waals surface area contributed by atoms with Crippen LogP contribution in [-0.2, 0) is 6.42 Å². The normalized spacial score (nSPS) is 12.2. The molecule has 2 aromatic carbocycles. The Balaban J connectivity index is 2.16. The van der Waals surface area contributed by atoms with Crippen LogP contribution in [0.2, 0.25) is 0 Å². The van der Waals surface area contributed by atoms with Crippen LogP contribution in [0.3, 0.4) is 0 Å². The van der Waals surface area contributed by atoms with Crippen LogP contribution >= 0.6 is 0 Å². The predicted octanol–water partition coefficient (Wildman–Crippen LogP) is 3.30. The number of Topliss-reactive ketones (excluding diaryl/α,β-unsaturated/α-hetero) is 1. The number of hydrogen-bond donors (Lipinski definition) is 0. The molecule has 0 spiro atoms. The van der Waals surface area contributed by atoms with E-state index in [9.17, 15) is 4.79 Å². The maximum absolute atomic E-state index is 12.8. The monoisotopic (exact) mass is 297 g/mol. The van der Waals surface area contributed by atoms with Crippen molar-refractivity contribution >= 4 is 5.78 Å². The Morgan fingerprint density at radius 3 is 2.23 bits per heavy atom. The van der Waals surface area contributed by atoms with Gasteiger partial charge in [-0.15, -0.1) is 0 Å². The molecule has 0 bridgehead atoms. The van der Waals surface area contributed by atoms with Gasteiger partial charge in [0, 0.05) is 18.0 Å². The van der Waals surface area contributed by atoms with Gasteiger partial charge in [-0.2, -0.15) is 0 Å². The highest BCUT2D eigenvalue weighted by Crippen LogP contribution is 2.18. The summed E-state index contributed by atoms with van der Waals surface area (Å²) in [5.41, 5.74) is 1.93. The summed E-state index contributed by atoms with van der Waals surface area (Å²) in [6.07, 6.45) is 0.732. The van der Waals surface area contributed by atoms with Crippen LogP contribution in [0.25, 0.3) is 0 Å². The Hall–Kier alpha value is -2.13. The Bertz CT molecular complexity index is 591. The Kier molecular flexibility index (Phi) is 5.73. The van der Waals surface area contributed by atoms with Crippen molar-refractivity contribution in [1.29, 1.82) is 0 Å². The number of hydrogen-bond acceptors (Lipinski definition) is 3. The van der Waals surface area contributed by atoms with Crippen molar-refractivity contribution in [2.75, 3.05) is 27.7 Å². The molecule has 3 nitrogen and oxygen atoms in total. The standard InChI is InChI=1S/C19H23NO2/c1-20(2)14-17(19(21)16-7-5-4-6-8-16)13-15-9-11-18(22-3)12-10-15/h4-12,17H,13-14H2,1-3H3. The molecule has 1 atom stereocenters. The zero-order chi connectivity index (χ0) is 15.9. The maximum atomic E-state index is 12.8. The molecule has 0 saturated heterocycles. The van der Waals surface area contributed by atoms with E-state index in [1.54, 1.807) is 7.11 Å². The lowest BCUT2D eigenvalue weighted by atomic mass is 9.91. The van der Waals surface area contributed by atoms with Crippen LogP contribution in [0.15, 0.2) is 54.6 Å². The zero-order valence-electron chi connectivity index (χ0n) is 13.5. The van der Waals surface area contributed by atoms with Crippen molar-refractivity contribution in [3.8, 4) is 5.75 Å². The van der Waals surface area contributed by atoms with Crippen molar-refractivity contribution in [3.63, 3.8) is 0 Å². The Labute approximate surface area is 132 Å². The van der Waals surface area contributed by atoms with Crippen LogP contribution < -0.4 is 4.74 Å². The summed E-state index contributed by atoms with van der Waals surface area (Å²) in [5.74, 6) is 0.984. The van der Waals surface area contributed by atoms with Crippen LogP contribution in [-0.4, -0.2) is 38.4 Å². The van der Waals surface area contributed by atoms with E-state index in [1.165, 1.54) is 0 Å². The summed E-state index contributed by atoms with van der Waals surface area (Å²) in [6, 6.07) is 17.5. The quantitative estimate of drug-likeness (QED) is 0.734. The summed E-state index contributed by atoms with van der Waals surface area (Å²) < 4.78 is 5.18. The molecular formula is C19H23NO2.